The summed E-state index contributed by atoms with van der Waals surface area (Å²) in [6.07, 6.45) is 2.46. The van der Waals surface area contributed by atoms with E-state index in [0.717, 1.165) is 26.9 Å². The summed E-state index contributed by atoms with van der Waals surface area (Å²) in [5, 5.41) is 8.97. The molecule has 3 aromatic rings. The Morgan fingerprint density at radius 3 is 3.00 bits per heavy atom. The van der Waals surface area contributed by atoms with Crippen LogP contribution in [0.25, 0.3) is 11.0 Å². The molecule has 1 unspecified atom stereocenters. The molecule has 0 aliphatic heterocycles. The summed E-state index contributed by atoms with van der Waals surface area (Å²) in [7, 11) is 1.83. The zero-order chi connectivity index (χ0) is 13.4. The van der Waals surface area contributed by atoms with Crippen molar-refractivity contribution in [3.8, 4) is 0 Å². The summed E-state index contributed by atoms with van der Waals surface area (Å²) < 4.78 is 8.41. The van der Waals surface area contributed by atoms with Crippen LogP contribution < -0.4 is 5.73 Å². The molecule has 1 atom stereocenters. The van der Waals surface area contributed by atoms with Crippen molar-refractivity contribution < 1.29 is 4.42 Å². The lowest BCUT2D eigenvalue weighted by Gasteiger charge is -2.05. The van der Waals surface area contributed by atoms with Gasteiger partial charge in [0.15, 0.2) is 0 Å². The van der Waals surface area contributed by atoms with Gasteiger partial charge in [0.2, 0.25) is 0 Å². The number of furan rings is 1. The van der Waals surface area contributed by atoms with E-state index in [4.69, 9.17) is 10.2 Å². The molecule has 19 heavy (non-hydrogen) atoms. The Morgan fingerprint density at radius 1 is 1.47 bits per heavy atom. The van der Waals surface area contributed by atoms with Crippen LogP contribution in [0.15, 0.2) is 39.4 Å². The molecule has 0 radical (unpaired) electrons. The third-order valence-corrected chi connectivity index (χ3v) is 3.58. The van der Waals surface area contributed by atoms with E-state index >= 15 is 0 Å². The average molecular weight is 321 g/mol. The minimum atomic E-state index is -0.226. The summed E-state index contributed by atoms with van der Waals surface area (Å²) in [6.45, 7) is 0. The average Bonchev–Trinajstić information content (AvgIpc) is 2.96. The fraction of sp³-hybridized carbons (Fsp3) is 0.231. The van der Waals surface area contributed by atoms with Crippen molar-refractivity contribution in [1.29, 1.82) is 0 Å². The Hall–Kier alpha value is -1.66. The second-order valence-electron chi connectivity index (χ2n) is 4.50. The molecule has 2 aromatic heterocycles. The molecule has 0 saturated carbocycles. The fourth-order valence-corrected chi connectivity index (χ4v) is 2.51. The normalized spacial score (nSPS) is 13.0. The van der Waals surface area contributed by atoms with Gasteiger partial charge in [0.25, 0.3) is 0 Å². The predicted molar refractivity (Wildman–Crippen MR) is 75.5 cm³/mol. The Bertz CT molecular complexity index is 718. The third kappa shape index (κ3) is 2.41. The van der Waals surface area contributed by atoms with Gasteiger partial charge in [-0.2, -0.15) is 0 Å². The number of hydrogen-bond acceptors (Lipinski definition) is 4. The molecule has 0 aliphatic carbocycles. The lowest BCUT2D eigenvalue weighted by molar-refractivity contribution is 0.490. The molecule has 98 valence electrons. The van der Waals surface area contributed by atoms with Gasteiger partial charge < -0.3 is 10.2 Å². The highest BCUT2D eigenvalue weighted by molar-refractivity contribution is 9.10. The lowest BCUT2D eigenvalue weighted by atomic mass is 10.1. The maximum atomic E-state index is 6.16. The molecular weight excluding hydrogens is 308 g/mol. The van der Waals surface area contributed by atoms with Crippen LogP contribution in [0.3, 0.4) is 0 Å². The highest BCUT2D eigenvalue weighted by Crippen LogP contribution is 2.29. The maximum Gasteiger partial charge on any atom is 0.148 e. The summed E-state index contributed by atoms with van der Waals surface area (Å²) >= 11 is 3.47. The number of benzene rings is 1. The number of fused-ring (bicyclic) bond motifs is 1. The van der Waals surface area contributed by atoms with Crippen molar-refractivity contribution in [2.24, 2.45) is 12.8 Å². The SMILES string of the molecule is Cn1cc(CC(N)c2cc3cccc(Br)c3o2)nn1. The van der Waals surface area contributed by atoms with E-state index < -0.39 is 0 Å². The summed E-state index contributed by atoms with van der Waals surface area (Å²) in [4.78, 5) is 0. The van der Waals surface area contributed by atoms with Crippen molar-refractivity contribution in [2.75, 3.05) is 0 Å². The largest absolute Gasteiger partial charge is 0.458 e. The maximum absolute atomic E-state index is 6.16. The molecule has 1 aromatic carbocycles. The van der Waals surface area contributed by atoms with Gasteiger partial charge in [0.1, 0.15) is 11.3 Å². The first-order chi connectivity index (χ1) is 9.13. The fourth-order valence-electron chi connectivity index (χ4n) is 2.04. The van der Waals surface area contributed by atoms with Crippen LogP contribution in [0.5, 0.6) is 0 Å². The van der Waals surface area contributed by atoms with Crippen molar-refractivity contribution in [3.63, 3.8) is 0 Å². The molecule has 0 spiro atoms. The second kappa shape index (κ2) is 4.79. The van der Waals surface area contributed by atoms with Crippen molar-refractivity contribution in [3.05, 3.63) is 46.4 Å². The summed E-state index contributed by atoms with van der Waals surface area (Å²) in [5.74, 6) is 0.757. The van der Waals surface area contributed by atoms with E-state index in [1.165, 1.54) is 0 Å². The molecule has 3 rings (SSSR count). The number of para-hydroxylation sites is 1. The first kappa shape index (κ1) is 12.4. The Balaban J connectivity index is 1.89. The van der Waals surface area contributed by atoms with Crippen LogP contribution in [-0.4, -0.2) is 15.0 Å². The number of halogens is 1. The van der Waals surface area contributed by atoms with Gasteiger partial charge in [0.05, 0.1) is 16.2 Å². The number of nitrogens with zero attached hydrogens (tertiary/aromatic N) is 3. The summed E-state index contributed by atoms with van der Waals surface area (Å²) in [5.41, 5.74) is 7.85. The van der Waals surface area contributed by atoms with Crippen molar-refractivity contribution in [2.45, 2.75) is 12.5 Å². The minimum Gasteiger partial charge on any atom is -0.458 e. The predicted octanol–water partition coefficient (Wildman–Crippen LogP) is 2.57. The number of aromatic nitrogens is 3. The van der Waals surface area contributed by atoms with E-state index in [0.29, 0.717) is 6.42 Å². The van der Waals surface area contributed by atoms with Crippen LogP contribution in [0.1, 0.15) is 17.5 Å². The molecule has 5 nitrogen and oxygen atoms in total. The quantitative estimate of drug-likeness (QED) is 0.805. The Labute approximate surface area is 118 Å². The lowest BCUT2D eigenvalue weighted by Crippen LogP contribution is -2.12. The van der Waals surface area contributed by atoms with E-state index in [2.05, 4.69) is 26.2 Å². The number of rotatable bonds is 3. The molecule has 0 amide bonds. The highest BCUT2D eigenvalue weighted by Gasteiger charge is 2.15. The number of aryl methyl sites for hydroxylation is 1. The minimum absolute atomic E-state index is 0.226. The van der Waals surface area contributed by atoms with Crippen LogP contribution in [-0.2, 0) is 13.5 Å². The zero-order valence-corrected chi connectivity index (χ0v) is 12.0. The standard InChI is InChI=1S/C13H13BrN4O/c1-18-7-9(16-17-18)6-11(15)12-5-8-3-2-4-10(14)13(8)19-12/h2-5,7,11H,6,15H2,1H3. The monoisotopic (exact) mass is 320 g/mol. The van der Waals surface area contributed by atoms with E-state index in [1.807, 2.05) is 37.5 Å². The van der Waals surface area contributed by atoms with Crippen LogP contribution in [0, 0.1) is 0 Å². The van der Waals surface area contributed by atoms with E-state index in [1.54, 1.807) is 4.68 Å². The third-order valence-electron chi connectivity index (χ3n) is 2.96. The molecule has 0 bridgehead atoms. The molecular formula is C13H13BrN4O. The molecule has 2 N–H and O–H groups in total. The van der Waals surface area contributed by atoms with Crippen molar-refractivity contribution >= 4 is 26.9 Å². The van der Waals surface area contributed by atoms with Gasteiger partial charge in [-0.25, -0.2) is 0 Å². The number of hydrogen-bond donors (Lipinski definition) is 1. The van der Waals surface area contributed by atoms with E-state index in [-0.39, 0.29) is 6.04 Å². The molecule has 0 aliphatic rings. The molecule has 0 fully saturated rings. The summed E-state index contributed by atoms with van der Waals surface area (Å²) in [6, 6.07) is 7.67. The van der Waals surface area contributed by atoms with Crippen molar-refractivity contribution in [1.82, 2.24) is 15.0 Å². The van der Waals surface area contributed by atoms with Crippen LogP contribution >= 0.6 is 15.9 Å². The first-order valence-corrected chi connectivity index (χ1v) is 6.71. The first-order valence-electron chi connectivity index (χ1n) is 5.92. The topological polar surface area (TPSA) is 69.9 Å². The van der Waals surface area contributed by atoms with Gasteiger partial charge in [-0.1, -0.05) is 17.3 Å². The van der Waals surface area contributed by atoms with Crippen LogP contribution in [0.4, 0.5) is 0 Å². The van der Waals surface area contributed by atoms with Crippen LogP contribution in [0.2, 0.25) is 0 Å². The molecule has 0 saturated heterocycles. The van der Waals surface area contributed by atoms with E-state index in [9.17, 15) is 0 Å². The molecule has 6 heteroatoms. The van der Waals surface area contributed by atoms with Gasteiger partial charge in [0, 0.05) is 25.1 Å². The smallest absolute Gasteiger partial charge is 0.148 e. The second-order valence-corrected chi connectivity index (χ2v) is 5.36. The van der Waals surface area contributed by atoms with Gasteiger partial charge >= 0.3 is 0 Å². The zero-order valence-electron chi connectivity index (χ0n) is 10.4. The molecule has 2 heterocycles. The van der Waals surface area contributed by atoms with Gasteiger partial charge in [-0.15, -0.1) is 5.10 Å². The number of nitrogens with two attached hydrogens (primary N) is 1. The van der Waals surface area contributed by atoms with Gasteiger partial charge in [-0.05, 0) is 28.1 Å². The highest BCUT2D eigenvalue weighted by atomic mass is 79.9. The van der Waals surface area contributed by atoms with Gasteiger partial charge in [-0.3, -0.25) is 4.68 Å². The Morgan fingerprint density at radius 2 is 2.32 bits per heavy atom. The Kier molecular flexibility index (Phi) is 3.12.